The predicted molar refractivity (Wildman–Crippen MR) is 45.9 cm³/mol. The molecule has 0 amide bonds. The van der Waals surface area contributed by atoms with E-state index < -0.39 is 23.4 Å². The summed E-state index contributed by atoms with van der Waals surface area (Å²) < 4.78 is 38.1. The average Bonchev–Trinajstić information content (AvgIpc) is 2.02. The number of rotatable bonds is 3. The molecule has 76 valence electrons. The van der Waals surface area contributed by atoms with Gasteiger partial charge in [0, 0.05) is 6.42 Å². The Labute approximate surface area is 83.5 Å². The summed E-state index contributed by atoms with van der Waals surface area (Å²) in [5, 5.41) is -1.73. The standard InChI is InChI=1S/C9H6ClF3O/c10-8(14)9(12,13)5-6-2-1-3-7(11)4-6/h1-4H,5H2. The van der Waals surface area contributed by atoms with Gasteiger partial charge in [-0.15, -0.1) is 0 Å². The van der Waals surface area contributed by atoms with E-state index in [9.17, 15) is 18.0 Å². The summed E-state index contributed by atoms with van der Waals surface area (Å²) >= 11 is 4.68. The van der Waals surface area contributed by atoms with E-state index >= 15 is 0 Å². The SMILES string of the molecule is O=C(Cl)C(F)(F)Cc1cccc(F)c1. The smallest absolute Gasteiger partial charge is 0.274 e. The molecule has 5 heteroatoms. The van der Waals surface area contributed by atoms with Crippen molar-refractivity contribution in [2.75, 3.05) is 0 Å². The fourth-order valence-corrected chi connectivity index (χ4v) is 1.04. The summed E-state index contributed by atoms with van der Waals surface area (Å²) in [6.07, 6.45) is -0.882. The summed E-state index contributed by atoms with van der Waals surface area (Å²) in [6.45, 7) is 0. The number of halogens is 4. The Balaban J connectivity index is 2.83. The number of carbonyl (C=O) groups excluding carboxylic acids is 1. The minimum Gasteiger partial charge on any atom is -0.274 e. The fourth-order valence-electron chi connectivity index (χ4n) is 0.973. The first kappa shape index (κ1) is 11.0. The van der Waals surface area contributed by atoms with Gasteiger partial charge in [-0.2, -0.15) is 8.78 Å². The van der Waals surface area contributed by atoms with Crippen LogP contribution in [0.1, 0.15) is 5.56 Å². The van der Waals surface area contributed by atoms with Crippen molar-refractivity contribution >= 4 is 16.8 Å². The molecule has 0 atom stereocenters. The van der Waals surface area contributed by atoms with Gasteiger partial charge in [0.25, 0.3) is 5.24 Å². The van der Waals surface area contributed by atoms with Gasteiger partial charge >= 0.3 is 5.92 Å². The molecular weight excluding hydrogens is 217 g/mol. The Kier molecular flexibility index (Phi) is 3.16. The monoisotopic (exact) mass is 222 g/mol. The largest absolute Gasteiger partial charge is 0.324 e. The Bertz CT molecular complexity index is 352. The Morgan fingerprint density at radius 3 is 2.57 bits per heavy atom. The molecule has 14 heavy (non-hydrogen) atoms. The van der Waals surface area contributed by atoms with Crippen molar-refractivity contribution in [1.82, 2.24) is 0 Å². The summed E-state index contributed by atoms with van der Waals surface area (Å²) in [6, 6.07) is 4.66. The van der Waals surface area contributed by atoms with Crippen molar-refractivity contribution < 1.29 is 18.0 Å². The molecule has 1 aromatic carbocycles. The predicted octanol–water partition coefficient (Wildman–Crippen LogP) is 2.77. The van der Waals surface area contributed by atoms with Gasteiger partial charge in [-0.05, 0) is 29.3 Å². The molecule has 0 fully saturated rings. The minimum atomic E-state index is -3.64. The summed E-state index contributed by atoms with van der Waals surface area (Å²) in [5.41, 5.74) is 0.0315. The molecule has 0 N–H and O–H groups in total. The van der Waals surface area contributed by atoms with Gasteiger partial charge < -0.3 is 0 Å². The van der Waals surface area contributed by atoms with Crippen molar-refractivity contribution in [2.24, 2.45) is 0 Å². The van der Waals surface area contributed by atoms with Crippen molar-refractivity contribution in [3.8, 4) is 0 Å². The third-order valence-corrected chi connectivity index (χ3v) is 1.88. The van der Waals surface area contributed by atoms with Crippen molar-refractivity contribution in [3.05, 3.63) is 35.6 Å². The number of alkyl halides is 2. The van der Waals surface area contributed by atoms with E-state index in [0.29, 0.717) is 0 Å². The van der Waals surface area contributed by atoms with Crippen molar-refractivity contribution in [2.45, 2.75) is 12.3 Å². The van der Waals surface area contributed by atoms with Crippen LogP contribution >= 0.6 is 11.6 Å². The van der Waals surface area contributed by atoms with Crippen LogP contribution in [0.15, 0.2) is 24.3 Å². The Hall–Kier alpha value is -1.03. The van der Waals surface area contributed by atoms with Gasteiger partial charge in [0.1, 0.15) is 5.82 Å². The highest BCUT2D eigenvalue weighted by Crippen LogP contribution is 2.23. The van der Waals surface area contributed by atoms with Gasteiger partial charge in [-0.3, -0.25) is 4.79 Å². The summed E-state index contributed by atoms with van der Waals surface area (Å²) in [7, 11) is 0. The lowest BCUT2D eigenvalue weighted by Crippen LogP contribution is -2.27. The lowest BCUT2D eigenvalue weighted by molar-refractivity contribution is -0.133. The summed E-state index contributed by atoms with van der Waals surface area (Å²) in [4.78, 5) is 10.3. The van der Waals surface area contributed by atoms with Gasteiger partial charge in [0.2, 0.25) is 0 Å². The second-order valence-electron chi connectivity index (χ2n) is 2.78. The Morgan fingerprint density at radius 2 is 2.07 bits per heavy atom. The first-order chi connectivity index (χ1) is 6.42. The molecule has 0 unspecified atom stereocenters. The van der Waals surface area contributed by atoms with Crippen LogP contribution in [-0.4, -0.2) is 11.2 Å². The van der Waals surface area contributed by atoms with E-state index in [1.165, 1.54) is 12.1 Å². The average molecular weight is 223 g/mol. The number of hydrogen-bond donors (Lipinski definition) is 0. The van der Waals surface area contributed by atoms with Gasteiger partial charge in [-0.25, -0.2) is 4.39 Å². The zero-order valence-corrected chi connectivity index (χ0v) is 7.69. The maximum absolute atomic E-state index is 12.8. The second-order valence-corrected chi connectivity index (χ2v) is 3.13. The van der Waals surface area contributed by atoms with Crippen LogP contribution in [0, 0.1) is 5.82 Å². The van der Waals surface area contributed by atoms with Gasteiger partial charge in [0.15, 0.2) is 0 Å². The van der Waals surface area contributed by atoms with Crippen molar-refractivity contribution in [3.63, 3.8) is 0 Å². The van der Waals surface area contributed by atoms with E-state index in [0.717, 1.165) is 12.1 Å². The topological polar surface area (TPSA) is 17.1 Å². The molecule has 0 aliphatic heterocycles. The normalized spacial score (nSPS) is 11.4. The second kappa shape index (κ2) is 4.00. The van der Waals surface area contributed by atoms with Gasteiger partial charge in [-0.1, -0.05) is 12.1 Å². The molecule has 0 bridgehead atoms. The molecule has 1 aromatic rings. The molecule has 0 aliphatic carbocycles. The van der Waals surface area contributed by atoms with Crippen LogP contribution in [0.2, 0.25) is 0 Å². The molecule has 0 aromatic heterocycles. The fraction of sp³-hybridized carbons (Fsp3) is 0.222. The van der Waals surface area contributed by atoms with Crippen LogP contribution in [0.25, 0.3) is 0 Å². The molecular formula is C9H6ClF3O. The van der Waals surface area contributed by atoms with E-state index in [1.54, 1.807) is 0 Å². The lowest BCUT2D eigenvalue weighted by Gasteiger charge is -2.10. The van der Waals surface area contributed by atoms with Crippen LogP contribution < -0.4 is 0 Å². The highest BCUT2D eigenvalue weighted by molar-refractivity contribution is 6.65. The first-order valence-electron chi connectivity index (χ1n) is 3.74. The van der Waals surface area contributed by atoms with Crippen LogP contribution in [0.5, 0.6) is 0 Å². The highest BCUT2D eigenvalue weighted by Gasteiger charge is 2.37. The first-order valence-corrected chi connectivity index (χ1v) is 4.12. The number of hydrogen-bond acceptors (Lipinski definition) is 1. The van der Waals surface area contributed by atoms with Crippen LogP contribution in [0.3, 0.4) is 0 Å². The molecule has 0 heterocycles. The Morgan fingerprint density at radius 1 is 1.43 bits per heavy atom. The number of carbonyl (C=O) groups is 1. The molecule has 0 aliphatic rings. The van der Waals surface area contributed by atoms with E-state index in [-0.39, 0.29) is 5.56 Å². The van der Waals surface area contributed by atoms with E-state index in [1.807, 2.05) is 0 Å². The number of benzene rings is 1. The maximum atomic E-state index is 12.8. The van der Waals surface area contributed by atoms with Crippen molar-refractivity contribution in [1.29, 1.82) is 0 Å². The van der Waals surface area contributed by atoms with Crippen LogP contribution in [0.4, 0.5) is 13.2 Å². The molecule has 1 rings (SSSR count). The zero-order chi connectivity index (χ0) is 10.8. The van der Waals surface area contributed by atoms with Gasteiger partial charge in [0.05, 0.1) is 0 Å². The minimum absolute atomic E-state index is 0.0315. The molecule has 0 spiro atoms. The lowest BCUT2D eigenvalue weighted by atomic mass is 10.1. The molecule has 0 saturated carbocycles. The third kappa shape index (κ3) is 2.73. The molecule has 0 saturated heterocycles. The quantitative estimate of drug-likeness (QED) is 0.719. The molecule has 0 radical (unpaired) electrons. The molecule has 1 nitrogen and oxygen atoms in total. The zero-order valence-electron chi connectivity index (χ0n) is 6.94. The van der Waals surface area contributed by atoms with E-state index in [2.05, 4.69) is 11.6 Å². The summed E-state index contributed by atoms with van der Waals surface area (Å²) in [5.74, 6) is -4.27. The van der Waals surface area contributed by atoms with E-state index in [4.69, 9.17) is 0 Å². The third-order valence-electron chi connectivity index (χ3n) is 1.60. The van der Waals surface area contributed by atoms with Crippen LogP contribution in [-0.2, 0) is 11.2 Å². The maximum Gasteiger partial charge on any atom is 0.324 e. The highest BCUT2D eigenvalue weighted by atomic mass is 35.5.